The fraction of sp³-hybridized carbons (Fsp3) is 0.235. The Morgan fingerprint density at radius 3 is 2.52 bits per heavy atom. The van der Waals surface area contributed by atoms with Crippen molar-refractivity contribution in [2.75, 3.05) is 17.7 Å². The van der Waals surface area contributed by atoms with E-state index in [0.29, 0.717) is 12.1 Å². The fourth-order valence-electron chi connectivity index (χ4n) is 2.42. The first-order valence-corrected chi connectivity index (χ1v) is 8.05. The van der Waals surface area contributed by atoms with E-state index >= 15 is 0 Å². The molecule has 110 valence electrons. The molecule has 0 fully saturated rings. The minimum absolute atomic E-state index is 0.369. The average Bonchev–Trinajstić information content (AvgIpc) is 2.47. The third kappa shape index (κ3) is 3.22. The third-order valence-corrected chi connectivity index (χ3v) is 4.14. The normalized spacial score (nSPS) is 10.4. The first-order chi connectivity index (χ1) is 10.1. The minimum atomic E-state index is -0.888. The molecule has 0 aliphatic carbocycles. The van der Waals surface area contributed by atoms with Gasteiger partial charge in [0.05, 0.1) is 11.3 Å². The number of benzene rings is 2. The highest BCUT2D eigenvalue weighted by Gasteiger charge is 2.19. The van der Waals surface area contributed by atoms with E-state index in [1.54, 1.807) is 0 Å². The molecule has 0 atom stereocenters. The van der Waals surface area contributed by atoms with Gasteiger partial charge in [0.2, 0.25) is 0 Å². The molecule has 0 aromatic heterocycles. The predicted molar refractivity (Wildman–Crippen MR) is 89.0 cm³/mol. The van der Waals surface area contributed by atoms with Crippen LogP contribution in [-0.2, 0) is 0 Å². The lowest BCUT2D eigenvalue weighted by Gasteiger charge is -2.26. The van der Waals surface area contributed by atoms with Gasteiger partial charge in [-0.3, -0.25) is 0 Å². The van der Waals surface area contributed by atoms with Crippen molar-refractivity contribution < 1.29 is 9.90 Å². The Hall–Kier alpha value is -1.94. The first-order valence-electron chi connectivity index (χ1n) is 6.83. The number of carboxylic acid groups (broad SMARTS) is 1. The van der Waals surface area contributed by atoms with Crippen molar-refractivity contribution in [1.29, 1.82) is 0 Å². The maximum Gasteiger partial charge on any atom is 0.338 e. The molecule has 0 amide bonds. The highest BCUT2D eigenvalue weighted by atomic mass is 32.2. The van der Waals surface area contributed by atoms with Crippen molar-refractivity contribution in [3.05, 3.63) is 53.6 Å². The molecule has 0 radical (unpaired) electrons. The number of nitrogens with zero attached hydrogens (tertiary/aromatic N) is 1. The van der Waals surface area contributed by atoms with Gasteiger partial charge in [-0.25, -0.2) is 4.79 Å². The maximum atomic E-state index is 11.7. The van der Waals surface area contributed by atoms with Crippen LogP contribution in [0.2, 0.25) is 0 Å². The maximum absolute atomic E-state index is 11.7. The van der Waals surface area contributed by atoms with E-state index in [4.69, 9.17) is 0 Å². The average molecular weight is 301 g/mol. The van der Waals surface area contributed by atoms with Crippen LogP contribution >= 0.6 is 11.8 Å². The number of carbonyl (C=O) groups is 1. The molecule has 0 saturated carbocycles. The molecule has 0 aliphatic heterocycles. The van der Waals surface area contributed by atoms with Gasteiger partial charge in [0.15, 0.2) is 0 Å². The largest absolute Gasteiger partial charge is 0.478 e. The Kier molecular flexibility index (Phi) is 4.91. The van der Waals surface area contributed by atoms with Crippen LogP contribution in [-0.4, -0.2) is 23.9 Å². The number of hydrogen-bond donors (Lipinski definition) is 1. The number of hydrogen-bond acceptors (Lipinski definition) is 3. The van der Waals surface area contributed by atoms with Crippen molar-refractivity contribution in [2.45, 2.75) is 18.7 Å². The van der Waals surface area contributed by atoms with Crippen LogP contribution in [0.1, 0.15) is 22.8 Å². The van der Waals surface area contributed by atoms with E-state index in [1.165, 1.54) is 11.8 Å². The second-order valence-electron chi connectivity index (χ2n) is 4.74. The molecule has 2 aromatic rings. The SMILES string of the molecule is CCN(c1cccc(C)c1)c1cccc(SC)c1C(=O)O. The van der Waals surface area contributed by atoms with Gasteiger partial charge in [-0.2, -0.15) is 0 Å². The van der Waals surface area contributed by atoms with Gasteiger partial charge in [0.25, 0.3) is 0 Å². The molecule has 0 bridgehead atoms. The Labute approximate surface area is 129 Å². The van der Waals surface area contributed by atoms with Crippen molar-refractivity contribution >= 4 is 29.1 Å². The van der Waals surface area contributed by atoms with Gasteiger partial charge in [-0.05, 0) is 49.9 Å². The highest BCUT2D eigenvalue weighted by molar-refractivity contribution is 7.98. The summed E-state index contributed by atoms with van der Waals surface area (Å²) in [4.78, 5) is 14.5. The van der Waals surface area contributed by atoms with Crippen LogP contribution in [0, 0.1) is 6.92 Å². The van der Waals surface area contributed by atoms with E-state index in [2.05, 4.69) is 6.07 Å². The van der Waals surface area contributed by atoms with Gasteiger partial charge >= 0.3 is 5.97 Å². The molecule has 0 spiro atoms. The van der Waals surface area contributed by atoms with Crippen molar-refractivity contribution in [3.63, 3.8) is 0 Å². The summed E-state index contributed by atoms with van der Waals surface area (Å²) >= 11 is 1.46. The summed E-state index contributed by atoms with van der Waals surface area (Å²) in [6.45, 7) is 4.77. The zero-order valence-corrected chi connectivity index (χ0v) is 13.3. The Bertz CT molecular complexity index is 655. The standard InChI is InChI=1S/C17H19NO2S/c1-4-18(13-8-5-7-12(2)11-13)14-9-6-10-15(21-3)16(14)17(19)20/h5-11H,4H2,1-3H3,(H,19,20). The third-order valence-electron chi connectivity index (χ3n) is 3.36. The lowest BCUT2D eigenvalue weighted by molar-refractivity contribution is 0.0694. The molecule has 0 unspecified atom stereocenters. The van der Waals surface area contributed by atoms with E-state index in [-0.39, 0.29) is 0 Å². The number of anilines is 2. The van der Waals surface area contributed by atoms with Crippen LogP contribution in [0.15, 0.2) is 47.4 Å². The number of carboxylic acids is 1. The monoisotopic (exact) mass is 301 g/mol. The molecule has 0 saturated heterocycles. The zero-order chi connectivity index (χ0) is 15.4. The second kappa shape index (κ2) is 6.68. The molecule has 21 heavy (non-hydrogen) atoms. The van der Waals surface area contributed by atoms with Crippen LogP contribution in [0.25, 0.3) is 0 Å². The van der Waals surface area contributed by atoms with Gasteiger partial charge in [0.1, 0.15) is 0 Å². The lowest BCUT2D eigenvalue weighted by Crippen LogP contribution is -2.19. The van der Waals surface area contributed by atoms with Gasteiger partial charge in [0, 0.05) is 17.1 Å². The molecule has 0 aliphatic rings. The lowest BCUT2D eigenvalue weighted by atomic mass is 10.1. The van der Waals surface area contributed by atoms with Gasteiger partial charge in [-0.15, -0.1) is 11.8 Å². The van der Waals surface area contributed by atoms with Crippen molar-refractivity contribution in [1.82, 2.24) is 0 Å². The second-order valence-corrected chi connectivity index (χ2v) is 5.59. The number of thioether (sulfide) groups is 1. The van der Waals surface area contributed by atoms with Crippen molar-refractivity contribution in [3.8, 4) is 0 Å². The summed E-state index contributed by atoms with van der Waals surface area (Å²) < 4.78 is 0. The summed E-state index contributed by atoms with van der Waals surface area (Å²) in [5.74, 6) is -0.888. The van der Waals surface area contributed by atoms with E-state index < -0.39 is 5.97 Å². The molecule has 4 heteroatoms. The Morgan fingerprint density at radius 2 is 1.95 bits per heavy atom. The number of aromatic carboxylic acids is 1. The van der Waals surface area contributed by atoms with E-state index in [1.807, 2.05) is 61.4 Å². The van der Waals surface area contributed by atoms with Crippen molar-refractivity contribution in [2.24, 2.45) is 0 Å². The summed E-state index contributed by atoms with van der Waals surface area (Å²) in [5.41, 5.74) is 3.28. The Morgan fingerprint density at radius 1 is 1.24 bits per heavy atom. The van der Waals surface area contributed by atoms with E-state index in [9.17, 15) is 9.90 Å². The molecular weight excluding hydrogens is 282 g/mol. The molecule has 1 N–H and O–H groups in total. The minimum Gasteiger partial charge on any atom is -0.478 e. The smallest absolute Gasteiger partial charge is 0.338 e. The Balaban J connectivity index is 2.60. The van der Waals surface area contributed by atoms with Crippen LogP contribution in [0.4, 0.5) is 11.4 Å². The summed E-state index contributed by atoms with van der Waals surface area (Å²) in [6, 6.07) is 13.7. The number of aryl methyl sites for hydroxylation is 1. The summed E-state index contributed by atoms with van der Waals surface area (Å²) in [5, 5.41) is 9.58. The van der Waals surface area contributed by atoms with E-state index in [0.717, 1.165) is 21.8 Å². The number of rotatable bonds is 5. The molecular formula is C17H19NO2S. The predicted octanol–water partition coefficient (Wildman–Crippen LogP) is 4.57. The quantitative estimate of drug-likeness (QED) is 0.821. The van der Waals surface area contributed by atoms with Gasteiger partial charge in [-0.1, -0.05) is 18.2 Å². The topological polar surface area (TPSA) is 40.5 Å². The summed E-state index contributed by atoms with van der Waals surface area (Å²) in [7, 11) is 0. The molecule has 2 rings (SSSR count). The van der Waals surface area contributed by atoms with Gasteiger partial charge < -0.3 is 10.0 Å². The van der Waals surface area contributed by atoms with Crippen LogP contribution in [0.3, 0.4) is 0 Å². The molecule has 0 heterocycles. The zero-order valence-electron chi connectivity index (χ0n) is 12.5. The van der Waals surface area contributed by atoms with Crippen LogP contribution < -0.4 is 4.90 Å². The van der Waals surface area contributed by atoms with Crippen LogP contribution in [0.5, 0.6) is 0 Å². The summed E-state index contributed by atoms with van der Waals surface area (Å²) in [6.07, 6.45) is 1.90. The highest BCUT2D eigenvalue weighted by Crippen LogP contribution is 2.34. The molecule has 2 aromatic carbocycles. The first kappa shape index (κ1) is 15.4. The fourth-order valence-corrected chi connectivity index (χ4v) is 3.03. The molecule has 3 nitrogen and oxygen atoms in total.